The highest BCUT2D eigenvalue weighted by atomic mass is 35.5. The van der Waals surface area contributed by atoms with Crippen LogP contribution in [0.2, 0.25) is 5.02 Å². The Labute approximate surface area is 144 Å². The largest absolute Gasteiger partial charge is 0.388 e. The van der Waals surface area contributed by atoms with Crippen LogP contribution in [-0.4, -0.2) is 45.5 Å². The highest BCUT2D eigenvalue weighted by molar-refractivity contribution is 6.35. The van der Waals surface area contributed by atoms with Crippen molar-refractivity contribution in [1.82, 2.24) is 9.88 Å². The maximum Gasteiger partial charge on any atom is 0.270 e. The van der Waals surface area contributed by atoms with E-state index in [1.54, 1.807) is 11.0 Å². The number of fused-ring (bicyclic) bond motifs is 1. The number of rotatable bonds is 3. The van der Waals surface area contributed by atoms with Gasteiger partial charge in [-0.15, -0.1) is 0 Å². The number of para-hydroxylation sites is 1. The third-order valence-corrected chi connectivity index (χ3v) is 4.92. The van der Waals surface area contributed by atoms with Crippen LogP contribution in [0, 0.1) is 6.92 Å². The first-order valence-electron chi connectivity index (χ1n) is 7.87. The number of primary amides is 1. The quantitative estimate of drug-likeness (QED) is 0.789. The molecule has 1 aromatic carbocycles. The molecule has 0 bridgehead atoms. The first-order valence-corrected chi connectivity index (χ1v) is 8.25. The van der Waals surface area contributed by atoms with Crippen molar-refractivity contribution in [2.75, 3.05) is 13.1 Å². The lowest BCUT2D eigenvalue weighted by Crippen LogP contribution is -2.52. The lowest BCUT2D eigenvalue weighted by atomic mass is 9.89. The number of hydrogen-bond donors (Lipinski definition) is 3. The van der Waals surface area contributed by atoms with Crippen LogP contribution in [0.4, 0.5) is 0 Å². The number of nitrogens with one attached hydrogen (secondary N) is 1. The Balaban J connectivity index is 1.90. The van der Waals surface area contributed by atoms with E-state index in [4.69, 9.17) is 17.3 Å². The van der Waals surface area contributed by atoms with Crippen LogP contribution in [-0.2, 0) is 4.79 Å². The van der Waals surface area contributed by atoms with Crippen molar-refractivity contribution in [3.63, 3.8) is 0 Å². The zero-order valence-electron chi connectivity index (χ0n) is 13.4. The molecule has 3 rings (SSSR count). The lowest BCUT2D eigenvalue weighted by molar-refractivity contribution is -0.125. The second-order valence-electron chi connectivity index (χ2n) is 6.49. The molecule has 1 aromatic heterocycles. The van der Waals surface area contributed by atoms with Crippen molar-refractivity contribution in [3.05, 3.63) is 34.5 Å². The molecule has 24 heavy (non-hydrogen) atoms. The number of aliphatic hydroxyl groups is 1. The number of hydrogen-bond acceptors (Lipinski definition) is 3. The van der Waals surface area contributed by atoms with Gasteiger partial charge in [0.15, 0.2) is 0 Å². The molecule has 2 amide bonds. The van der Waals surface area contributed by atoms with E-state index in [9.17, 15) is 14.7 Å². The van der Waals surface area contributed by atoms with E-state index < -0.39 is 11.5 Å². The summed E-state index contributed by atoms with van der Waals surface area (Å²) < 4.78 is 0. The molecule has 1 atom stereocenters. The SMILES string of the molecule is Cc1c(C(=O)N2CCCC(O)(CC(N)=O)C2)[nH]c2c(Cl)cccc12. The molecule has 7 heteroatoms. The third kappa shape index (κ3) is 2.99. The van der Waals surface area contributed by atoms with Gasteiger partial charge in [0.25, 0.3) is 5.91 Å². The molecule has 6 nitrogen and oxygen atoms in total. The number of carbonyl (C=O) groups is 2. The molecule has 0 radical (unpaired) electrons. The Kier molecular flexibility index (Phi) is 4.27. The summed E-state index contributed by atoms with van der Waals surface area (Å²) in [5.74, 6) is -0.775. The molecular weight excluding hydrogens is 330 g/mol. The number of H-pyrrole nitrogens is 1. The number of β-amino-alcohol motifs (C(OH)–C–C–N with tert-alkyl or cyclic N) is 1. The molecule has 2 aromatic rings. The van der Waals surface area contributed by atoms with Crippen molar-refractivity contribution in [1.29, 1.82) is 0 Å². The molecule has 4 N–H and O–H groups in total. The number of aromatic nitrogens is 1. The summed E-state index contributed by atoms with van der Waals surface area (Å²) in [4.78, 5) is 28.7. The van der Waals surface area contributed by atoms with Gasteiger partial charge in [0.1, 0.15) is 5.69 Å². The summed E-state index contributed by atoms with van der Waals surface area (Å²) in [7, 11) is 0. The van der Waals surface area contributed by atoms with Gasteiger partial charge < -0.3 is 20.7 Å². The Morgan fingerprint density at radius 1 is 1.46 bits per heavy atom. The Morgan fingerprint density at radius 2 is 2.21 bits per heavy atom. The summed E-state index contributed by atoms with van der Waals surface area (Å²) in [6, 6.07) is 5.51. The first-order chi connectivity index (χ1) is 11.3. The average Bonchev–Trinajstić information content (AvgIpc) is 2.84. The van der Waals surface area contributed by atoms with E-state index in [1.165, 1.54) is 0 Å². The summed E-state index contributed by atoms with van der Waals surface area (Å²) in [5.41, 5.74) is 5.96. The van der Waals surface area contributed by atoms with Gasteiger partial charge in [-0.25, -0.2) is 0 Å². The molecule has 1 saturated heterocycles. The summed E-state index contributed by atoms with van der Waals surface area (Å²) >= 11 is 6.19. The monoisotopic (exact) mass is 349 g/mol. The lowest BCUT2D eigenvalue weighted by Gasteiger charge is -2.38. The van der Waals surface area contributed by atoms with Gasteiger partial charge in [-0.2, -0.15) is 0 Å². The second-order valence-corrected chi connectivity index (χ2v) is 6.89. The van der Waals surface area contributed by atoms with Crippen LogP contribution in [0.3, 0.4) is 0 Å². The predicted octanol–water partition coefficient (Wildman–Crippen LogP) is 1.97. The third-order valence-electron chi connectivity index (χ3n) is 4.60. The minimum atomic E-state index is -1.25. The maximum atomic E-state index is 12.9. The molecule has 1 unspecified atom stereocenters. The van der Waals surface area contributed by atoms with E-state index in [0.29, 0.717) is 30.1 Å². The average molecular weight is 350 g/mol. The summed E-state index contributed by atoms with van der Waals surface area (Å²) in [6.45, 7) is 2.49. The minimum Gasteiger partial charge on any atom is -0.388 e. The molecular formula is C17H20ClN3O3. The fourth-order valence-corrected chi connectivity index (χ4v) is 3.67. The van der Waals surface area contributed by atoms with E-state index in [-0.39, 0.29) is 18.9 Å². The van der Waals surface area contributed by atoms with Crippen molar-refractivity contribution in [2.24, 2.45) is 5.73 Å². The van der Waals surface area contributed by atoms with E-state index >= 15 is 0 Å². The van der Waals surface area contributed by atoms with Crippen molar-refractivity contribution in [2.45, 2.75) is 31.8 Å². The van der Waals surface area contributed by atoms with Gasteiger partial charge in [-0.05, 0) is 31.4 Å². The molecule has 128 valence electrons. The van der Waals surface area contributed by atoms with Gasteiger partial charge in [0.2, 0.25) is 5.91 Å². The molecule has 0 aliphatic carbocycles. The zero-order chi connectivity index (χ0) is 17.5. The molecule has 1 aliphatic rings. The highest BCUT2D eigenvalue weighted by Crippen LogP contribution is 2.30. The van der Waals surface area contributed by atoms with E-state index in [1.807, 2.05) is 19.1 Å². The maximum absolute atomic E-state index is 12.9. The smallest absolute Gasteiger partial charge is 0.270 e. The van der Waals surface area contributed by atoms with Gasteiger partial charge in [-0.1, -0.05) is 23.7 Å². The van der Waals surface area contributed by atoms with Crippen LogP contribution >= 0.6 is 11.6 Å². The van der Waals surface area contributed by atoms with Crippen LogP contribution < -0.4 is 5.73 Å². The van der Waals surface area contributed by atoms with Crippen LogP contribution in [0.1, 0.15) is 35.3 Å². The molecule has 2 heterocycles. The van der Waals surface area contributed by atoms with Crippen LogP contribution in [0.15, 0.2) is 18.2 Å². The normalized spacial score (nSPS) is 21.2. The van der Waals surface area contributed by atoms with Gasteiger partial charge >= 0.3 is 0 Å². The topological polar surface area (TPSA) is 99.4 Å². The molecule has 1 aliphatic heterocycles. The number of aryl methyl sites for hydroxylation is 1. The van der Waals surface area contributed by atoms with Gasteiger partial charge in [0, 0.05) is 11.9 Å². The number of benzene rings is 1. The fraction of sp³-hybridized carbons (Fsp3) is 0.412. The number of halogens is 1. The van der Waals surface area contributed by atoms with E-state index in [2.05, 4.69) is 4.98 Å². The highest BCUT2D eigenvalue weighted by Gasteiger charge is 2.37. The van der Waals surface area contributed by atoms with Crippen LogP contribution in [0.25, 0.3) is 10.9 Å². The zero-order valence-corrected chi connectivity index (χ0v) is 14.2. The van der Waals surface area contributed by atoms with Gasteiger partial charge in [-0.3, -0.25) is 9.59 Å². The number of piperidine rings is 1. The molecule has 1 fully saturated rings. The Hall–Kier alpha value is -2.05. The number of aromatic amines is 1. The van der Waals surface area contributed by atoms with E-state index in [0.717, 1.165) is 16.5 Å². The molecule has 0 saturated carbocycles. The Morgan fingerprint density at radius 3 is 2.88 bits per heavy atom. The number of nitrogens with two attached hydrogens (primary N) is 1. The first kappa shape index (κ1) is 16.8. The summed E-state index contributed by atoms with van der Waals surface area (Å²) in [6.07, 6.45) is 0.932. The predicted molar refractivity (Wildman–Crippen MR) is 91.9 cm³/mol. The van der Waals surface area contributed by atoms with Gasteiger partial charge in [0.05, 0.1) is 29.1 Å². The van der Waals surface area contributed by atoms with Crippen LogP contribution in [0.5, 0.6) is 0 Å². The summed E-state index contributed by atoms with van der Waals surface area (Å²) in [5, 5.41) is 12.0. The van der Waals surface area contributed by atoms with Crippen molar-refractivity contribution >= 4 is 34.3 Å². The van der Waals surface area contributed by atoms with Crippen molar-refractivity contribution < 1.29 is 14.7 Å². The number of amides is 2. The number of carbonyl (C=O) groups excluding carboxylic acids is 2. The number of nitrogens with zero attached hydrogens (tertiary/aromatic N) is 1. The molecule has 0 spiro atoms. The minimum absolute atomic E-state index is 0.0946. The van der Waals surface area contributed by atoms with Crippen molar-refractivity contribution in [3.8, 4) is 0 Å². The fourth-order valence-electron chi connectivity index (χ4n) is 3.44. The Bertz CT molecular complexity index is 817. The standard InChI is InChI=1S/C17H20ClN3O3/c1-10-11-4-2-5-12(18)15(11)20-14(10)16(23)21-7-3-6-17(24,9-21)8-13(19)22/h2,4-5,20,24H,3,6-9H2,1H3,(H2,19,22). The second kappa shape index (κ2) is 6.11. The number of likely N-dealkylation sites (tertiary alicyclic amines) is 1.